The van der Waals surface area contributed by atoms with Gasteiger partial charge in [0.25, 0.3) is 0 Å². The number of hydrogen-bond acceptors (Lipinski definition) is 3. The van der Waals surface area contributed by atoms with Crippen molar-refractivity contribution in [3.05, 3.63) is 61.2 Å². The Morgan fingerprint density at radius 3 is 2.95 bits per heavy atom. The summed E-state index contributed by atoms with van der Waals surface area (Å²) in [4.78, 5) is 8.65. The van der Waals surface area contributed by atoms with Crippen LogP contribution in [-0.2, 0) is 0 Å². The van der Waals surface area contributed by atoms with Crippen LogP contribution in [0.3, 0.4) is 0 Å². The van der Waals surface area contributed by atoms with Gasteiger partial charge in [0.1, 0.15) is 6.33 Å². The van der Waals surface area contributed by atoms with E-state index >= 15 is 0 Å². The van der Waals surface area contributed by atoms with Crippen molar-refractivity contribution in [2.45, 2.75) is 0 Å². The normalized spacial score (nSPS) is 11.2. The molecule has 96 valence electrons. The summed E-state index contributed by atoms with van der Waals surface area (Å²) in [6.07, 6.45) is 5.51. The lowest BCUT2D eigenvalue weighted by Crippen LogP contribution is -1.94. The number of nitrogens with two attached hydrogens (primary N) is 1. The van der Waals surface area contributed by atoms with Gasteiger partial charge in [0.15, 0.2) is 0 Å². The van der Waals surface area contributed by atoms with Gasteiger partial charge >= 0.3 is 0 Å². The van der Waals surface area contributed by atoms with Crippen molar-refractivity contribution in [1.82, 2.24) is 14.5 Å². The highest BCUT2D eigenvalue weighted by atomic mass is 15.0. The lowest BCUT2D eigenvalue weighted by Gasteiger charge is -2.08. The van der Waals surface area contributed by atoms with Gasteiger partial charge in [-0.3, -0.25) is 9.55 Å². The molecule has 2 N–H and O–H groups in total. The molecule has 0 fully saturated rings. The number of pyridine rings is 1. The molecule has 0 aliphatic heterocycles. The van der Waals surface area contributed by atoms with Gasteiger partial charge in [0.05, 0.1) is 16.7 Å². The van der Waals surface area contributed by atoms with Crippen molar-refractivity contribution in [1.29, 1.82) is 0 Å². The van der Waals surface area contributed by atoms with Gasteiger partial charge in [-0.15, -0.1) is 0 Å². The topological polar surface area (TPSA) is 56.7 Å². The van der Waals surface area contributed by atoms with Crippen LogP contribution in [0.15, 0.2) is 61.2 Å². The maximum absolute atomic E-state index is 5.80. The highest BCUT2D eigenvalue weighted by molar-refractivity contribution is 5.92. The molecule has 4 aromatic rings. The van der Waals surface area contributed by atoms with Crippen LogP contribution >= 0.6 is 0 Å². The monoisotopic (exact) mass is 260 g/mol. The van der Waals surface area contributed by atoms with E-state index in [4.69, 9.17) is 5.73 Å². The SMILES string of the molecule is Nc1ccc2c(c1)ncn2-c1cccc2ccncc12. The molecule has 0 atom stereocenters. The largest absolute Gasteiger partial charge is 0.399 e. The minimum atomic E-state index is 0.724. The van der Waals surface area contributed by atoms with E-state index in [1.807, 2.05) is 42.9 Å². The Labute approximate surface area is 115 Å². The maximum Gasteiger partial charge on any atom is 0.100 e. The van der Waals surface area contributed by atoms with Gasteiger partial charge in [-0.1, -0.05) is 12.1 Å². The maximum atomic E-state index is 5.80. The van der Waals surface area contributed by atoms with Gasteiger partial charge in [-0.25, -0.2) is 4.98 Å². The molecule has 0 saturated carbocycles. The first-order valence-electron chi connectivity index (χ1n) is 6.39. The molecule has 20 heavy (non-hydrogen) atoms. The smallest absolute Gasteiger partial charge is 0.100 e. The standard InChI is InChI=1S/C16H12N4/c17-12-4-5-16-14(8-12)19-10-20(16)15-3-1-2-11-6-7-18-9-13(11)15/h1-10H,17H2. The number of nitrogen functional groups attached to an aromatic ring is 1. The number of aromatic nitrogens is 3. The summed E-state index contributed by atoms with van der Waals surface area (Å²) < 4.78 is 2.07. The lowest BCUT2D eigenvalue weighted by molar-refractivity contribution is 1.10. The molecule has 0 spiro atoms. The van der Waals surface area contributed by atoms with E-state index < -0.39 is 0 Å². The van der Waals surface area contributed by atoms with E-state index in [9.17, 15) is 0 Å². The van der Waals surface area contributed by atoms with Crippen molar-refractivity contribution in [2.24, 2.45) is 0 Å². The number of hydrogen-bond donors (Lipinski definition) is 1. The molecule has 4 heteroatoms. The Morgan fingerprint density at radius 2 is 2.00 bits per heavy atom. The highest BCUT2D eigenvalue weighted by Gasteiger charge is 2.07. The zero-order chi connectivity index (χ0) is 13.5. The predicted octanol–water partition coefficient (Wildman–Crippen LogP) is 3.16. The van der Waals surface area contributed by atoms with Gasteiger partial charge in [-0.05, 0) is 35.7 Å². The van der Waals surface area contributed by atoms with E-state index in [-0.39, 0.29) is 0 Å². The second-order valence-electron chi connectivity index (χ2n) is 4.74. The van der Waals surface area contributed by atoms with Crippen LogP contribution in [0, 0.1) is 0 Å². The summed E-state index contributed by atoms with van der Waals surface area (Å²) in [6, 6.07) is 14.0. The van der Waals surface area contributed by atoms with Crippen LogP contribution in [0.5, 0.6) is 0 Å². The lowest BCUT2D eigenvalue weighted by atomic mass is 10.1. The Morgan fingerprint density at radius 1 is 1.05 bits per heavy atom. The van der Waals surface area contributed by atoms with Crippen molar-refractivity contribution in [3.8, 4) is 5.69 Å². The molecule has 2 aromatic carbocycles. The third-order valence-electron chi connectivity index (χ3n) is 3.49. The number of nitrogens with zero attached hydrogens (tertiary/aromatic N) is 3. The Kier molecular flexibility index (Phi) is 2.23. The Hall–Kier alpha value is -2.88. The van der Waals surface area contributed by atoms with Crippen LogP contribution in [0.2, 0.25) is 0 Å². The van der Waals surface area contributed by atoms with Crippen LogP contribution in [0.25, 0.3) is 27.5 Å². The van der Waals surface area contributed by atoms with E-state index in [0.717, 1.165) is 33.2 Å². The summed E-state index contributed by atoms with van der Waals surface area (Å²) in [5.74, 6) is 0. The van der Waals surface area contributed by atoms with Crippen molar-refractivity contribution in [3.63, 3.8) is 0 Å². The minimum absolute atomic E-state index is 0.724. The van der Waals surface area contributed by atoms with Crippen molar-refractivity contribution in [2.75, 3.05) is 5.73 Å². The summed E-state index contributed by atoms with van der Waals surface area (Å²) in [5.41, 5.74) is 9.53. The van der Waals surface area contributed by atoms with Gasteiger partial charge in [0, 0.05) is 23.5 Å². The number of rotatable bonds is 1. The van der Waals surface area contributed by atoms with Crippen LogP contribution < -0.4 is 5.73 Å². The number of fused-ring (bicyclic) bond motifs is 2. The van der Waals surface area contributed by atoms with Gasteiger partial charge in [-0.2, -0.15) is 0 Å². The van der Waals surface area contributed by atoms with Crippen LogP contribution in [0.1, 0.15) is 0 Å². The van der Waals surface area contributed by atoms with E-state index in [0.29, 0.717) is 0 Å². The fourth-order valence-electron chi connectivity index (χ4n) is 2.53. The molecule has 4 nitrogen and oxygen atoms in total. The molecule has 0 amide bonds. The number of imidazole rings is 1. The fourth-order valence-corrected chi connectivity index (χ4v) is 2.53. The first kappa shape index (κ1) is 11.0. The quantitative estimate of drug-likeness (QED) is 0.535. The number of benzene rings is 2. The molecule has 0 aliphatic rings. The third kappa shape index (κ3) is 1.55. The molecular weight excluding hydrogens is 248 g/mol. The second kappa shape index (κ2) is 4.06. The average Bonchev–Trinajstić information content (AvgIpc) is 2.89. The summed E-state index contributed by atoms with van der Waals surface area (Å²) in [6.45, 7) is 0. The first-order chi connectivity index (χ1) is 9.83. The number of anilines is 1. The molecule has 0 unspecified atom stereocenters. The first-order valence-corrected chi connectivity index (χ1v) is 6.39. The van der Waals surface area contributed by atoms with Crippen molar-refractivity contribution < 1.29 is 0 Å². The highest BCUT2D eigenvalue weighted by Crippen LogP contribution is 2.25. The Balaban J connectivity index is 2.06. The molecule has 0 radical (unpaired) electrons. The fraction of sp³-hybridized carbons (Fsp3) is 0. The van der Waals surface area contributed by atoms with E-state index in [1.165, 1.54) is 0 Å². The average molecular weight is 260 g/mol. The van der Waals surface area contributed by atoms with Gasteiger partial charge in [0.2, 0.25) is 0 Å². The Bertz CT molecular complexity index is 919. The third-order valence-corrected chi connectivity index (χ3v) is 3.49. The molecule has 2 heterocycles. The molecule has 0 bridgehead atoms. The van der Waals surface area contributed by atoms with Crippen LogP contribution in [-0.4, -0.2) is 14.5 Å². The van der Waals surface area contributed by atoms with E-state index in [2.05, 4.69) is 26.7 Å². The van der Waals surface area contributed by atoms with Gasteiger partial charge < -0.3 is 5.73 Å². The molecular formula is C16H12N4. The molecule has 0 saturated heterocycles. The molecule has 2 aromatic heterocycles. The summed E-state index contributed by atoms with van der Waals surface area (Å²) in [7, 11) is 0. The summed E-state index contributed by atoms with van der Waals surface area (Å²) >= 11 is 0. The van der Waals surface area contributed by atoms with Crippen molar-refractivity contribution >= 4 is 27.5 Å². The van der Waals surface area contributed by atoms with Crippen LogP contribution in [0.4, 0.5) is 5.69 Å². The second-order valence-corrected chi connectivity index (χ2v) is 4.74. The minimum Gasteiger partial charge on any atom is -0.399 e. The zero-order valence-corrected chi connectivity index (χ0v) is 10.7. The molecule has 0 aliphatic carbocycles. The molecule has 4 rings (SSSR count). The summed E-state index contributed by atoms with van der Waals surface area (Å²) in [5, 5.41) is 2.26. The zero-order valence-electron chi connectivity index (χ0n) is 10.7. The van der Waals surface area contributed by atoms with E-state index in [1.54, 1.807) is 6.20 Å². The predicted molar refractivity (Wildman–Crippen MR) is 80.8 cm³/mol.